The summed E-state index contributed by atoms with van der Waals surface area (Å²) in [6.45, 7) is 1.93. The van der Waals surface area contributed by atoms with Crippen LogP contribution in [-0.2, 0) is 0 Å². The number of hydrogen-bond donors (Lipinski definition) is 1. The Balaban J connectivity index is 2.40. The smallest absolute Gasteiger partial charge is 0.0702 e. The summed E-state index contributed by atoms with van der Waals surface area (Å²) in [6, 6.07) is 0. The Morgan fingerprint density at radius 3 is 2.42 bits per heavy atom. The normalized spacial score (nSPS) is 24.4. The molecule has 0 radical (unpaired) electrons. The van der Waals surface area contributed by atoms with Crippen molar-refractivity contribution in [2.75, 3.05) is 0 Å². The molecule has 0 unspecified atom stereocenters. The average molecular weight is 166 g/mol. The molecule has 1 aliphatic rings. The van der Waals surface area contributed by atoms with Crippen LogP contribution in [0.4, 0.5) is 0 Å². The molecular formula is C11H18O. The van der Waals surface area contributed by atoms with E-state index in [1.165, 1.54) is 19.3 Å². The maximum atomic E-state index is 9.80. The van der Waals surface area contributed by atoms with Gasteiger partial charge in [-0.3, -0.25) is 0 Å². The highest BCUT2D eigenvalue weighted by molar-refractivity contribution is 4.96. The van der Waals surface area contributed by atoms with Gasteiger partial charge in [-0.1, -0.05) is 19.3 Å². The van der Waals surface area contributed by atoms with E-state index in [0.717, 1.165) is 12.8 Å². The minimum Gasteiger partial charge on any atom is -0.392 e. The monoisotopic (exact) mass is 166 g/mol. The molecule has 1 heteroatoms. The third-order valence-electron chi connectivity index (χ3n) is 2.91. The average Bonchev–Trinajstić information content (AvgIpc) is 2.17. The predicted molar refractivity (Wildman–Crippen MR) is 50.6 cm³/mol. The zero-order valence-electron chi connectivity index (χ0n) is 7.79. The second kappa shape index (κ2) is 4.52. The van der Waals surface area contributed by atoms with Crippen LogP contribution in [0, 0.1) is 24.2 Å². The molecule has 0 bridgehead atoms. The first kappa shape index (κ1) is 9.61. The summed E-state index contributed by atoms with van der Waals surface area (Å²) >= 11 is 0. The van der Waals surface area contributed by atoms with Crippen molar-refractivity contribution in [3.05, 3.63) is 0 Å². The summed E-state index contributed by atoms with van der Waals surface area (Å²) in [6.07, 6.45) is 11.2. The third-order valence-corrected chi connectivity index (χ3v) is 2.91. The minimum atomic E-state index is -0.268. The molecule has 68 valence electrons. The summed E-state index contributed by atoms with van der Waals surface area (Å²) < 4.78 is 0. The van der Waals surface area contributed by atoms with E-state index in [2.05, 4.69) is 5.92 Å². The van der Waals surface area contributed by atoms with Crippen molar-refractivity contribution >= 4 is 0 Å². The molecule has 2 atom stereocenters. The van der Waals surface area contributed by atoms with Gasteiger partial charge < -0.3 is 5.11 Å². The molecule has 1 nitrogen and oxygen atoms in total. The van der Waals surface area contributed by atoms with Crippen LogP contribution in [0.2, 0.25) is 0 Å². The first-order valence-corrected chi connectivity index (χ1v) is 4.90. The van der Waals surface area contributed by atoms with Gasteiger partial charge in [-0.2, -0.15) is 0 Å². The molecule has 1 saturated carbocycles. The summed E-state index contributed by atoms with van der Waals surface area (Å²) in [5, 5.41) is 9.80. The fourth-order valence-electron chi connectivity index (χ4n) is 1.98. The largest absolute Gasteiger partial charge is 0.392 e. The lowest BCUT2D eigenvalue weighted by molar-refractivity contribution is 0.0587. The standard InChI is InChI=1S/C11H18O/c1-3-9(2)11(12)10-7-5-4-6-8-10/h1,9-12H,4-8H2,2H3/t9-,11+/m0/s1. The van der Waals surface area contributed by atoms with Gasteiger partial charge in [0.1, 0.15) is 0 Å². The SMILES string of the molecule is C#C[C@H](C)[C@@H](O)C1CCCCC1. The highest BCUT2D eigenvalue weighted by Crippen LogP contribution is 2.29. The third kappa shape index (κ3) is 2.25. The lowest BCUT2D eigenvalue weighted by Gasteiger charge is -2.28. The van der Waals surface area contributed by atoms with Gasteiger partial charge in [-0.25, -0.2) is 0 Å². The van der Waals surface area contributed by atoms with Gasteiger partial charge in [0.15, 0.2) is 0 Å². The fourth-order valence-corrected chi connectivity index (χ4v) is 1.98. The van der Waals surface area contributed by atoms with Crippen molar-refractivity contribution in [1.29, 1.82) is 0 Å². The molecule has 0 aromatic carbocycles. The Hall–Kier alpha value is -0.480. The molecule has 0 saturated heterocycles. The highest BCUT2D eigenvalue weighted by atomic mass is 16.3. The Morgan fingerprint density at radius 1 is 1.33 bits per heavy atom. The Labute approximate surface area is 75.2 Å². The lowest BCUT2D eigenvalue weighted by Crippen LogP contribution is -2.28. The number of aliphatic hydroxyl groups is 1. The molecule has 0 heterocycles. The fraction of sp³-hybridized carbons (Fsp3) is 0.818. The molecule has 0 amide bonds. The van der Waals surface area contributed by atoms with Crippen LogP contribution in [0.15, 0.2) is 0 Å². The van der Waals surface area contributed by atoms with E-state index in [9.17, 15) is 5.11 Å². The van der Waals surface area contributed by atoms with Crippen LogP contribution in [0.25, 0.3) is 0 Å². The zero-order valence-corrected chi connectivity index (χ0v) is 7.79. The Morgan fingerprint density at radius 2 is 1.92 bits per heavy atom. The molecule has 0 aliphatic heterocycles. The number of aliphatic hydroxyl groups excluding tert-OH is 1. The van der Waals surface area contributed by atoms with E-state index in [1.807, 2.05) is 6.92 Å². The minimum absolute atomic E-state index is 0.0214. The molecule has 1 N–H and O–H groups in total. The van der Waals surface area contributed by atoms with Crippen molar-refractivity contribution < 1.29 is 5.11 Å². The van der Waals surface area contributed by atoms with Crippen molar-refractivity contribution in [1.82, 2.24) is 0 Å². The van der Waals surface area contributed by atoms with E-state index >= 15 is 0 Å². The molecule has 0 aromatic heterocycles. The van der Waals surface area contributed by atoms with Crippen LogP contribution in [0.3, 0.4) is 0 Å². The van der Waals surface area contributed by atoms with Gasteiger partial charge in [-0.05, 0) is 25.7 Å². The summed E-state index contributed by atoms with van der Waals surface area (Å²) in [5.41, 5.74) is 0. The Bertz CT molecular complexity index is 162. The zero-order chi connectivity index (χ0) is 8.97. The molecule has 1 rings (SSSR count). The maximum absolute atomic E-state index is 9.80. The van der Waals surface area contributed by atoms with Crippen molar-refractivity contribution in [2.45, 2.75) is 45.1 Å². The van der Waals surface area contributed by atoms with E-state index < -0.39 is 0 Å². The molecular weight excluding hydrogens is 148 g/mol. The van der Waals surface area contributed by atoms with Crippen LogP contribution in [-0.4, -0.2) is 11.2 Å². The number of terminal acetylenes is 1. The molecule has 1 aliphatic carbocycles. The van der Waals surface area contributed by atoms with Crippen molar-refractivity contribution in [2.24, 2.45) is 11.8 Å². The highest BCUT2D eigenvalue weighted by Gasteiger charge is 2.24. The number of hydrogen-bond acceptors (Lipinski definition) is 1. The first-order chi connectivity index (χ1) is 5.75. The topological polar surface area (TPSA) is 20.2 Å². The van der Waals surface area contributed by atoms with E-state index in [-0.39, 0.29) is 12.0 Å². The van der Waals surface area contributed by atoms with E-state index in [0.29, 0.717) is 5.92 Å². The summed E-state index contributed by atoms with van der Waals surface area (Å²) in [4.78, 5) is 0. The van der Waals surface area contributed by atoms with Crippen LogP contribution in [0.5, 0.6) is 0 Å². The van der Waals surface area contributed by atoms with Crippen molar-refractivity contribution in [3.63, 3.8) is 0 Å². The second-order valence-corrected chi connectivity index (χ2v) is 3.84. The Kier molecular flexibility index (Phi) is 3.62. The van der Waals surface area contributed by atoms with Crippen LogP contribution >= 0.6 is 0 Å². The van der Waals surface area contributed by atoms with Gasteiger partial charge in [0.05, 0.1) is 6.10 Å². The quantitative estimate of drug-likeness (QED) is 0.623. The second-order valence-electron chi connectivity index (χ2n) is 3.84. The van der Waals surface area contributed by atoms with Gasteiger partial charge in [0.2, 0.25) is 0 Å². The van der Waals surface area contributed by atoms with Gasteiger partial charge in [0, 0.05) is 5.92 Å². The lowest BCUT2D eigenvalue weighted by atomic mass is 9.81. The molecule has 12 heavy (non-hydrogen) atoms. The number of rotatable bonds is 2. The molecule has 0 aromatic rings. The van der Waals surface area contributed by atoms with Gasteiger partial charge in [-0.15, -0.1) is 12.3 Å². The maximum Gasteiger partial charge on any atom is 0.0702 e. The van der Waals surface area contributed by atoms with Crippen LogP contribution in [0.1, 0.15) is 39.0 Å². The molecule has 0 spiro atoms. The van der Waals surface area contributed by atoms with E-state index in [4.69, 9.17) is 6.42 Å². The summed E-state index contributed by atoms with van der Waals surface area (Å²) in [5.74, 6) is 3.10. The van der Waals surface area contributed by atoms with Gasteiger partial charge >= 0.3 is 0 Å². The van der Waals surface area contributed by atoms with Crippen LogP contribution < -0.4 is 0 Å². The van der Waals surface area contributed by atoms with Crippen molar-refractivity contribution in [3.8, 4) is 12.3 Å². The predicted octanol–water partition coefficient (Wildman–Crippen LogP) is 2.20. The van der Waals surface area contributed by atoms with E-state index in [1.54, 1.807) is 0 Å². The molecule has 1 fully saturated rings. The first-order valence-electron chi connectivity index (χ1n) is 4.90. The van der Waals surface area contributed by atoms with Gasteiger partial charge in [0.25, 0.3) is 0 Å². The summed E-state index contributed by atoms with van der Waals surface area (Å²) in [7, 11) is 0.